The Morgan fingerprint density at radius 2 is 1.94 bits per heavy atom. The Balaban J connectivity index is 1.82. The molecule has 2 fully saturated rings. The first-order chi connectivity index (χ1) is 15.6. The van der Waals surface area contributed by atoms with E-state index in [2.05, 4.69) is 10.3 Å². The summed E-state index contributed by atoms with van der Waals surface area (Å²) in [6.45, 7) is 0.564. The van der Waals surface area contributed by atoms with Crippen LogP contribution in [0.2, 0.25) is 0 Å². The molecule has 1 aromatic rings. The van der Waals surface area contributed by atoms with Crippen LogP contribution in [0.3, 0.4) is 0 Å². The van der Waals surface area contributed by atoms with Crippen molar-refractivity contribution in [2.45, 2.75) is 68.4 Å². The number of aliphatic hydroxyl groups excluding tert-OH is 3. The monoisotopic (exact) mass is 468 g/mol. The predicted octanol–water partition coefficient (Wildman–Crippen LogP) is -1.40. The molecule has 3 heterocycles. The Kier molecular flexibility index (Phi) is 7.65. The van der Waals surface area contributed by atoms with Gasteiger partial charge in [0, 0.05) is 37.2 Å². The summed E-state index contributed by atoms with van der Waals surface area (Å²) in [5.74, 6) is -3.68. The maximum atomic E-state index is 12.8. The van der Waals surface area contributed by atoms with E-state index in [0.717, 1.165) is 18.4 Å². The van der Waals surface area contributed by atoms with Crippen molar-refractivity contribution in [3.05, 3.63) is 30.1 Å². The number of hydrogen-bond acceptors (Lipinski definition) is 8. The normalized spacial score (nSPS) is 35.0. The van der Waals surface area contributed by atoms with E-state index in [4.69, 9.17) is 9.84 Å². The number of aromatic nitrogens is 1. The first kappa shape index (κ1) is 25.0. The minimum atomic E-state index is -1.81. The summed E-state index contributed by atoms with van der Waals surface area (Å²) in [6.07, 6.45) is -3.76. The molecule has 0 saturated carbocycles. The zero-order valence-electron chi connectivity index (χ0n) is 18.1. The number of rotatable bonds is 8. The average molecular weight is 468 g/mol. The fourth-order valence-electron chi connectivity index (χ4n) is 4.81. The van der Waals surface area contributed by atoms with Crippen molar-refractivity contribution < 1.29 is 49.1 Å². The molecule has 182 valence electrons. The minimum absolute atomic E-state index is 0.127. The number of likely N-dealkylation sites (tertiary alicyclic amines) is 1. The molecule has 12 heteroatoms. The van der Waals surface area contributed by atoms with Gasteiger partial charge in [0.2, 0.25) is 6.23 Å². The standard InChI is InChI=1S/C21H29N3O9/c1-24(9-3-5-13(24)11-4-2-8-22-10-11)20-17(29)15(27)16(28)18(33-20)19(30)23-12(21(31)32)6-7-14(25)26/h2,4,8,10,12-13,15-18,20,27-29H,3,5-7,9H2,1H3,(H2-,23,25,26,30,31,32)/p+1. The first-order valence-corrected chi connectivity index (χ1v) is 10.8. The molecule has 2 aliphatic rings. The van der Waals surface area contributed by atoms with Gasteiger partial charge >= 0.3 is 11.9 Å². The molecule has 1 amide bonds. The number of pyridine rings is 1. The van der Waals surface area contributed by atoms with Gasteiger partial charge < -0.3 is 35.6 Å². The molecular weight excluding hydrogens is 438 g/mol. The summed E-state index contributed by atoms with van der Waals surface area (Å²) in [6, 6.07) is 2.01. The number of carbonyl (C=O) groups excluding carboxylic acids is 1. The number of hydrogen-bond donors (Lipinski definition) is 6. The molecule has 8 atom stereocenters. The second kappa shape index (κ2) is 10.1. The third-order valence-electron chi connectivity index (χ3n) is 6.59. The molecule has 0 bridgehead atoms. The molecule has 2 saturated heterocycles. The van der Waals surface area contributed by atoms with E-state index >= 15 is 0 Å². The van der Waals surface area contributed by atoms with E-state index in [1.165, 1.54) is 0 Å². The van der Waals surface area contributed by atoms with Gasteiger partial charge in [0.15, 0.2) is 12.2 Å². The Hall–Kier alpha value is -2.64. The SMILES string of the molecule is C[N+]1(C2OC(C(=O)NC(CCC(=O)O)C(=O)O)C(O)C(O)C2O)CCCC1c1cccnc1. The van der Waals surface area contributed by atoms with Gasteiger partial charge in [-0.25, -0.2) is 4.79 Å². The molecule has 0 aromatic carbocycles. The summed E-state index contributed by atoms with van der Waals surface area (Å²) >= 11 is 0. The highest BCUT2D eigenvalue weighted by atomic mass is 16.6. The third-order valence-corrected chi connectivity index (χ3v) is 6.59. The van der Waals surface area contributed by atoms with Crippen molar-refractivity contribution >= 4 is 17.8 Å². The fourth-order valence-corrected chi connectivity index (χ4v) is 4.81. The fraction of sp³-hybridized carbons (Fsp3) is 0.619. The topological polar surface area (TPSA) is 187 Å². The summed E-state index contributed by atoms with van der Waals surface area (Å²) < 4.78 is 5.99. The Labute approximate surface area is 190 Å². The van der Waals surface area contributed by atoms with Crippen LogP contribution in [0.5, 0.6) is 0 Å². The summed E-state index contributed by atoms with van der Waals surface area (Å²) in [4.78, 5) is 39.2. The van der Waals surface area contributed by atoms with Crippen LogP contribution in [-0.2, 0) is 19.1 Å². The first-order valence-electron chi connectivity index (χ1n) is 10.8. The summed E-state index contributed by atoms with van der Waals surface area (Å²) in [5, 5.41) is 52.0. The number of quaternary nitrogens is 1. The molecule has 1 aromatic heterocycles. The van der Waals surface area contributed by atoms with Crippen molar-refractivity contribution in [1.29, 1.82) is 0 Å². The highest BCUT2D eigenvalue weighted by Crippen LogP contribution is 2.43. The summed E-state index contributed by atoms with van der Waals surface area (Å²) in [5.41, 5.74) is 0.898. The van der Waals surface area contributed by atoms with Gasteiger partial charge in [0.05, 0.1) is 13.6 Å². The highest BCUT2D eigenvalue weighted by molar-refractivity contribution is 5.87. The van der Waals surface area contributed by atoms with Gasteiger partial charge in [-0.2, -0.15) is 0 Å². The molecule has 2 aliphatic heterocycles. The lowest BCUT2D eigenvalue weighted by atomic mass is 9.94. The van der Waals surface area contributed by atoms with Crippen molar-refractivity contribution in [2.75, 3.05) is 13.6 Å². The number of carboxylic acid groups (broad SMARTS) is 2. The maximum Gasteiger partial charge on any atom is 0.326 e. The minimum Gasteiger partial charge on any atom is -0.481 e. The maximum absolute atomic E-state index is 12.8. The highest BCUT2D eigenvalue weighted by Gasteiger charge is 2.57. The van der Waals surface area contributed by atoms with Crippen LogP contribution in [0.15, 0.2) is 24.5 Å². The lowest BCUT2D eigenvalue weighted by molar-refractivity contribution is -0.977. The zero-order valence-corrected chi connectivity index (χ0v) is 18.1. The largest absolute Gasteiger partial charge is 0.481 e. The average Bonchev–Trinajstić information content (AvgIpc) is 3.17. The van der Waals surface area contributed by atoms with Crippen molar-refractivity contribution in [3.8, 4) is 0 Å². The molecule has 0 spiro atoms. The summed E-state index contributed by atoms with van der Waals surface area (Å²) in [7, 11) is 1.82. The Morgan fingerprint density at radius 1 is 1.21 bits per heavy atom. The predicted molar refractivity (Wildman–Crippen MR) is 110 cm³/mol. The lowest BCUT2D eigenvalue weighted by Gasteiger charge is -2.49. The molecule has 12 nitrogen and oxygen atoms in total. The van der Waals surface area contributed by atoms with E-state index in [9.17, 15) is 34.8 Å². The second-order valence-electron chi connectivity index (χ2n) is 8.77. The number of nitrogens with zero attached hydrogens (tertiary/aromatic N) is 2. The molecule has 3 rings (SSSR count). The van der Waals surface area contributed by atoms with E-state index in [-0.39, 0.29) is 16.9 Å². The number of aliphatic carboxylic acids is 2. The molecule has 8 unspecified atom stereocenters. The van der Waals surface area contributed by atoms with Crippen molar-refractivity contribution in [1.82, 2.24) is 10.3 Å². The smallest absolute Gasteiger partial charge is 0.326 e. The van der Waals surface area contributed by atoms with Gasteiger partial charge in [-0.1, -0.05) is 6.07 Å². The van der Waals surface area contributed by atoms with Gasteiger partial charge in [-0.3, -0.25) is 19.1 Å². The van der Waals surface area contributed by atoms with E-state index in [1.54, 1.807) is 18.5 Å². The number of amides is 1. The van der Waals surface area contributed by atoms with Crippen LogP contribution in [0.25, 0.3) is 0 Å². The number of aliphatic hydroxyl groups is 3. The molecule has 0 radical (unpaired) electrons. The van der Waals surface area contributed by atoms with Gasteiger partial charge in [0.1, 0.15) is 24.3 Å². The van der Waals surface area contributed by atoms with Crippen LogP contribution in [0.1, 0.15) is 37.3 Å². The zero-order chi connectivity index (χ0) is 24.3. The molecular formula is C21H30N3O9+. The third kappa shape index (κ3) is 5.14. The molecule has 33 heavy (non-hydrogen) atoms. The van der Waals surface area contributed by atoms with E-state index in [0.29, 0.717) is 6.54 Å². The van der Waals surface area contributed by atoms with E-state index in [1.807, 2.05) is 13.1 Å². The second-order valence-corrected chi connectivity index (χ2v) is 8.77. The van der Waals surface area contributed by atoms with Crippen molar-refractivity contribution in [3.63, 3.8) is 0 Å². The van der Waals surface area contributed by atoms with Crippen molar-refractivity contribution in [2.24, 2.45) is 0 Å². The molecule has 0 aliphatic carbocycles. The van der Waals surface area contributed by atoms with Crippen LogP contribution in [-0.4, -0.2) is 103 Å². The van der Waals surface area contributed by atoms with E-state index < -0.39 is 61.0 Å². The quantitative estimate of drug-likeness (QED) is 0.248. The Bertz CT molecular complexity index is 870. The van der Waals surface area contributed by atoms with Crippen LogP contribution < -0.4 is 5.32 Å². The Morgan fingerprint density at radius 3 is 2.55 bits per heavy atom. The van der Waals surface area contributed by atoms with Crippen LogP contribution in [0.4, 0.5) is 0 Å². The van der Waals surface area contributed by atoms with Gasteiger partial charge in [0.25, 0.3) is 5.91 Å². The number of ether oxygens (including phenoxy) is 1. The van der Waals surface area contributed by atoms with Gasteiger partial charge in [-0.15, -0.1) is 0 Å². The number of carboxylic acids is 2. The number of nitrogens with one attached hydrogen (secondary N) is 1. The number of carbonyl (C=O) groups is 3. The molecule has 6 N–H and O–H groups in total. The van der Waals surface area contributed by atoms with Crippen LogP contribution in [0, 0.1) is 0 Å². The lowest BCUT2D eigenvalue weighted by Crippen LogP contribution is -2.70. The van der Waals surface area contributed by atoms with Crippen LogP contribution >= 0.6 is 0 Å². The van der Waals surface area contributed by atoms with Gasteiger partial charge in [-0.05, 0) is 12.5 Å². The number of likely N-dealkylation sites (N-methyl/N-ethyl adjacent to an activating group) is 1.